The molecule has 4 atom stereocenters. The number of hydrogen-bond donors (Lipinski definition) is 0. The van der Waals surface area contributed by atoms with Crippen molar-refractivity contribution in [1.82, 2.24) is 0 Å². The first kappa shape index (κ1) is 20.6. The summed E-state index contributed by atoms with van der Waals surface area (Å²) in [6.45, 7) is 3.88. The summed E-state index contributed by atoms with van der Waals surface area (Å²) in [7, 11) is 0. The van der Waals surface area contributed by atoms with Crippen molar-refractivity contribution >= 4 is 0 Å². The van der Waals surface area contributed by atoms with Gasteiger partial charge >= 0.3 is 0 Å². The molecular weight excluding hydrogens is 357 g/mol. The Bertz CT molecular complexity index is 739. The fourth-order valence-corrected chi connectivity index (χ4v) is 6.83. The topological polar surface area (TPSA) is 23.8 Å². The fourth-order valence-electron chi connectivity index (χ4n) is 6.83. The van der Waals surface area contributed by atoms with Crippen LogP contribution in [-0.4, -0.2) is 0 Å². The molecule has 1 aromatic rings. The van der Waals surface area contributed by atoms with Crippen LogP contribution in [0.5, 0.6) is 0 Å². The average Bonchev–Trinajstić information content (AvgIpc) is 2.77. The highest BCUT2D eigenvalue weighted by Gasteiger charge is 2.39. The molecule has 0 spiro atoms. The standard InChI is InChI=1S/C27H36FN/c1-2-3-4-19-5-7-20(8-6-19)21-9-10-23-16-24(12-11-22(23)15-21)25-13-14-26(18-29)27(28)17-25/h2,13-14,17,19-24H,1,3-12,15-16H2. The van der Waals surface area contributed by atoms with Gasteiger partial charge in [0, 0.05) is 0 Å². The van der Waals surface area contributed by atoms with Crippen molar-refractivity contribution in [1.29, 1.82) is 5.26 Å². The first-order valence-corrected chi connectivity index (χ1v) is 12.0. The van der Waals surface area contributed by atoms with E-state index in [1.54, 1.807) is 12.1 Å². The normalized spacial score (nSPS) is 34.8. The molecule has 0 saturated heterocycles. The maximum Gasteiger partial charge on any atom is 0.141 e. The van der Waals surface area contributed by atoms with Gasteiger partial charge in [-0.05, 0) is 117 Å². The first-order valence-electron chi connectivity index (χ1n) is 12.0. The molecule has 1 nitrogen and oxygen atoms in total. The van der Waals surface area contributed by atoms with E-state index in [4.69, 9.17) is 5.26 Å². The Morgan fingerprint density at radius 2 is 1.59 bits per heavy atom. The van der Waals surface area contributed by atoms with Crippen LogP contribution in [0.4, 0.5) is 4.39 Å². The summed E-state index contributed by atoms with van der Waals surface area (Å²) in [6, 6.07) is 7.22. The van der Waals surface area contributed by atoms with Crippen LogP contribution >= 0.6 is 0 Å². The molecule has 29 heavy (non-hydrogen) atoms. The Morgan fingerprint density at radius 1 is 0.931 bits per heavy atom. The van der Waals surface area contributed by atoms with Crippen molar-refractivity contribution in [2.75, 3.05) is 0 Å². The maximum atomic E-state index is 14.1. The van der Waals surface area contributed by atoms with E-state index in [2.05, 4.69) is 12.7 Å². The highest BCUT2D eigenvalue weighted by molar-refractivity contribution is 5.35. The van der Waals surface area contributed by atoms with Crippen molar-refractivity contribution in [3.05, 3.63) is 47.8 Å². The lowest BCUT2D eigenvalue weighted by molar-refractivity contribution is 0.0713. The van der Waals surface area contributed by atoms with Crippen LogP contribution < -0.4 is 0 Å². The van der Waals surface area contributed by atoms with Gasteiger partial charge < -0.3 is 0 Å². The van der Waals surface area contributed by atoms with E-state index >= 15 is 0 Å². The summed E-state index contributed by atoms with van der Waals surface area (Å²) < 4.78 is 14.1. The fraction of sp³-hybridized carbons (Fsp3) is 0.667. The summed E-state index contributed by atoms with van der Waals surface area (Å²) in [6.07, 6.45) is 18.4. The molecule has 2 heteroatoms. The highest BCUT2D eigenvalue weighted by Crippen LogP contribution is 2.51. The van der Waals surface area contributed by atoms with Gasteiger partial charge in [0.25, 0.3) is 0 Å². The molecule has 0 heterocycles. The molecule has 4 rings (SSSR count). The van der Waals surface area contributed by atoms with Crippen LogP contribution in [0.25, 0.3) is 0 Å². The van der Waals surface area contributed by atoms with E-state index in [0.29, 0.717) is 5.92 Å². The van der Waals surface area contributed by atoms with Gasteiger partial charge in [0.05, 0.1) is 5.56 Å². The van der Waals surface area contributed by atoms with Gasteiger partial charge in [-0.3, -0.25) is 0 Å². The second kappa shape index (κ2) is 9.46. The first-order chi connectivity index (χ1) is 14.2. The predicted octanol–water partition coefficient (Wildman–Crippen LogP) is 7.77. The zero-order chi connectivity index (χ0) is 20.2. The molecule has 4 unspecified atom stereocenters. The van der Waals surface area contributed by atoms with Gasteiger partial charge in [-0.1, -0.05) is 25.0 Å². The molecule has 0 radical (unpaired) electrons. The number of rotatable bonds is 5. The number of hydrogen-bond acceptors (Lipinski definition) is 1. The lowest BCUT2D eigenvalue weighted by atomic mass is 9.60. The van der Waals surface area contributed by atoms with E-state index in [1.165, 1.54) is 77.0 Å². The minimum absolute atomic E-state index is 0.169. The molecular formula is C27H36FN. The largest absolute Gasteiger partial charge is 0.206 e. The van der Waals surface area contributed by atoms with Crippen molar-refractivity contribution in [3.8, 4) is 6.07 Å². The zero-order valence-corrected chi connectivity index (χ0v) is 17.8. The SMILES string of the molecule is C=CCCC1CCC(C2CCC3CC(c4ccc(C#N)c(F)c4)CCC3C2)CC1. The maximum absolute atomic E-state index is 14.1. The minimum Gasteiger partial charge on any atom is -0.206 e. The number of nitriles is 1. The lowest BCUT2D eigenvalue weighted by Crippen LogP contribution is -2.34. The lowest BCUT2D eigenvalue weighted by Gasteiger charge is -2.45. The summed E-state index contributed by atoms with van der Waals surface area (Å²) in [5.41, 5.74) is 1.28. The van der Waals surface area contributed by atoms with Crippen molar-refractivity contribution in [2.45, 2.75) is 83.0 Å². The molecule has 3 fully saturated rings. The molecule has 3 aliphatic rings. The monoisotopic (exact) mass is 393 g/mol. The van der Waals surface area contributed by atoms with Gasteiger partial charge in [0.2, 0.25) is 0 Å². The van der Waals surface area contributed by atoms with E-state index in [-0.39, 0.29) is 11.4 Å². The highest BCUT2D eigenvalue weighted by atomic mass is 19.1. The summed E-state index contributed by atoms with van der Waals surface area (Å²) >= 11 is 0. The Kier molecular flexibility index (Phi) is 6.74. The second-order valence-electron chi connectivity index (χ2n) is 10.1. The molecule has 1 aromatic carbocycles. The Morgan fingerprint density at radius 3 is 2.28 bits per heavy atom. The van der Waals surface area contributed by atoms with Crippen molar-refractivity contribution in [2.24, 2.45) is 29.6 Å². The van der Waals surface area contributed by atoms with Crippen LogP contribution in [-0.2, 0) is 0 Å². The van der Waals surface area contributed by atoms with Gasteiger partial charge in [-0.2, -0.15) is 5.26 Å². The molecule has 3 saturated carbocycles. The van der Waals surface area contributed by atoms with Crippen LogP contribution in [0.2, 0.25) is 0 Å². The van der Waals surface area contributed by atoms with E-state index in [1.807, 2.05) is 12.1 Å². The van der Waals surface area contributed by atoms with E-state index < -0.39 is 0 Å². The number of allylic oxidation sites excluding steroid dienone is 1. The van der Waals surface area contributed by atoms with Gasteiger partial charge in [0.1, 0.15) is 11.9 Å². The third-order valence-corrected chi connectivity index (χ3v) is 8.58. The second-order valence-corrected chi connectivity index (χ2v) is 10.1. The third-order valence-electron chi connectivity index (χ3n) is 8.58. The molecule has 0 aliphatic heterocycles. The molecule has 156 valence electrons. The Labute approximate surface area is 176 Å². The summed E-state index contributed by atoms with van der Waals surface area (Å²) in [5, 5.41) is 8.96. The van der Waals surface area contributed by atoms with E-state index in [9.17, 15) is 4.39 Å². The zero-order valence-electron chi connectivity index (χ0n) is 17.8. The summed E-state index contributed by atoms with van der Waals surface area (Å²) in [5.74, 6) is 4.74. The Balaban J connectivity index is 1.29. The smallest absolute Gasteiger partial charge is 0.141 e. The molecule has 0 aromatic heterocycles. The minimum atomic E-state index is -0.348. The van der Waals surface area contributed by atoms with Gasteiger partial charge in [-0.25, -0.2) is 4.39 Å². The van der Waals surface area contributed by atoms with Crippen LogP contribution in [0.15, 0.2) is 30.9 Å². The van der Waals surface area contributed by atoms with Crippen molar-refractivity contribution in [3.63, 3.8) is 0 Å². The van der Waals surface area contributed by atoms with Gasteiger partial charge in [-0.15, -0.1) is 6.58 Å². The Hall–Kier alpha value is -1.62. The molecule has 3 aliphatic carbocycles. The van der Waals surface area contributed by atoms with E-state index in [0.717, 1.165) is 35.2 Å². The van der Waals surface area contributed by atoms with Crippen LogP contribution in [0.1, 0.15) is 94.1 Å². The number of fused-ring (bicyclic) bond motifs is 1. The van der Waals surface area contributed by atoms with Crippen LogP contribution in [0.3, 0.4) is 0 Å². The summed E-state index contributed by atoms with van der Waals surface area (Å²) in [4.78, 5) is 0. The third kappa shape index (κ3) is 4.76. The predicted molar refractivity (Wildman–Crippen MR) is 117 cm³/mol. The molecule has 0 bridgehead atoms. The average molecular weight is 394 g/mol. The molecule has 0 amide bonds. The van der Waals surface area contributed by atoms with Crippen LogP contribution in [0, 0.1) is 46.7 Å². The van der Waals surface area contributed by atoms with Crippen molar-refractivity contribution < 1.29 is 4.39 Å². The molecule has 0 N–H and O–H groups in total. The van der Waals surface area contributed by atoms with Gasteiger partial charge in [0.15, 0.2) is 0 Å². The number of benzene rings is 1. The number of nitrogens with zero attached hydrogens (tertiary/aromatic N) is 1. The quantitative estimate of drug-likeness (QED) is 0.469. The number of halogens is 1.